The lowest BCUT2D eigenvalue weighted by Gasteiger charge is -2.15. The largest absolute Gasteiger partial charge is 0.378 e. The third-order valence-corrected chi connectivity index (χ3v) is 4.87. The maximum atomic E-state index is 10.8. The molecule has 0 radical (unpaired) electrons. The van der Waals surface area contributed by atoms with Crippen LogP contribution in [0.4, 0.5) is 11.4 Å². The molecule has 6 heteroatoms. The summed E-state index contributed by atoms with van der Waals surface area (Å²) in [5.41, 5.74) is 1.69. The molecule has 0 saturated heterocycles. The first kappa shape index (κ1) is 14.0. The molecule has 2 rings (SSSR count). The number of nitro benzene ring substituents is 1. The van der Waals surface area contributed by atoms with Gasteiger partial charge in [-0.15, -0.1) is 11.3 Å². The maximum Gasteiger partial charge on any atom is 0.272 e. The first-order valence-corrected chi connectivity index (χ1v) is 7.40. The van der Waals surface area contributed by atoms with Gasteiger partial charge in [-0.25, -0.2) is 0 Å². The Morgan fingerprint density at radius 1 is 1.42 bits per heavy atom. The van der Waals surface area contributed by atoms with E-state index in [0.29, 0.717) is 5.56 Å². The van der Waals surface area contributed by atoms with Gasteiger partial charge in [-0.2, -0.15) is 0 Å². The number of aryl methyl sites for hydroxylation is 1. The van der Waals surface area contributed by atoms with E-state index in [-0.39, 0.29) is 16.7 Å². The summed E-state index contributed by atoms with van der Waals surface area (Å²) in [6.45, 7) is 3.81. The van der Waals surface area contributed by atoms with E-state index in [1.54, 1.807) is 30.4 Å². The first-order valence-electron chi connectivity index (χ1n) is 5.73. The number of nitro groups is 1. The molecule has 1 atom stereocenters. The third-order valence-electron chi connectivity index (χ3n) is 2.81. The highest BCUT2D eigenvalue weighted by molar-refractivity contribution is 9.10. The Bertz CT molecular complexity index is 612. The van der Waals surface area contributed by atoms with Crippen LogP contribution in [0.5, 0.6) is 0 Å². The quantitative estimate of drug-likeness (QED) is 0.636. The summed E-state index contributed by atoms with van der Waals surface area (Å²) < 4.78 is 1.08. The molecule has 100 valence electrons. The number of hydrogen-bond acceptors (Lipinski definition) is 4. The SMILES string of the molecule is Cc1cc(NC(C)c2sccc2Br)ccc1[N+](=O)[O-]. The van der Waals surface area contributed by atoms with Crippen molar-refractivity contribution in [2.75, 3.05) is 5.32 Å². The van der Waals surface area contributed by atoms with Gasteiger partial charge in [0, 0.05) is 26.7 Å². The van der Waals surface area contributed by atoms with Crippen molar-refractivity contribution in [3.8, 4) is 0 Å². The van der Waals surface area contributed by atoms with E-state index < -0.39 is 0 Å². The van der Waals surface area contributed by atoms with Crippen LogP contribution >= 0.6 is 27.3 Å². The van der Waals surface area contributed by atoms with Gasteiger partial charge in [0.25, 0.3) is 5.69 Å². The number of hydrogen-bond donors (Lipinski definition) is 1. The number of nitrogens with one attached hydrogen (secondary N) is 1. The van der Waals surface area contributed by atoms with Gasteiger partial charge in [0.15, 0.2) is 0 Å². The van der Waals surface area contributed by atoms with Crippen LogP contribution in [-0.4, -0.2) is 4.92 Å². The van der Waals surface area contributed by atoms with Crippen LogP contribution in [0.15, 0.2) is 34.1 Å². The van der Waals surface area contributed by atoms with Crippen LogP contribution in [0.1, 0.15) is 23.4 Å². The molecule has 0 bridgehead atoms. The lowest BCUT2D eigenvalue weighted by atomic mass is 10.1. The maximum absolute atomic E-state index is 10.8. The average Bonchev–Trinajstić information content (AvgIpc) is 2.75. The van der Waals surface area contributed by atoms with Crippen molar-refractivity contribution in [2.45, 2.75) is 19.9 Å². The van der Waals surface area contributed by atoms with E-state index >= 15 is 0 Å². The molecule has 1 aromatic carbocycles. The van der Waals surface area contributed by atoms with E-state index in [4.69, 9.17) is 0 Å². The summed E-state index contributed by atoms with van der Waals surface area (Å²) >= 11 is 5.18. The standard InChI is InChI=1S/C13H13BrN2O2S/c1-8-7-10(3-4-12(8)16(17)18)15-9(2)13-11(14)5-6-19-13/h3-7,9,15H,1-2H3. The molecular weight excluding hydrogens is 328 g/mol. The normalized spacial score (nSPS) is 12.2. The lowest BCUT2D eigenvalue weighted by molar-refractivity contribution is -0.385. The van der Waals surface area contributed by atoms with Crippen molar-refractivity contribution in [3.05, 3.63) is 54.7 Å². The van der Waals surface area contributed by atoms with E-state index in [2.05, 4.69) is 28.2 Å². The minimum Gasteiger partial charge on any atom is -0.378 e. The molecule has 0 amide bonds. The zero-order chi connectivity index (χ0) is 14.0. The number of halogens is 1. The molecule has 1 aromatic heterocycles. The van der Waals surface area contributed by atoms with E-state index in [9.17, 15) is 10.1 Å². The van der Waals surface area contributed by atoms with Crippen LogP contribution in [0.2, 0.25) is 0 Å². The van der Waals surface area contributed by atoms with Crippen molar-refractivity contribution in [1.29, 1.82) is 0 Å². The summed E-state index contributed by atoms with van der Waals surface area (Å²) in [5, 5.41) is 16.1. The molecule has 19 heavy (non-hydrogen) atoms. The molecule has 0 aliphatic rings. The molecule has 0 aliphatic heterocycles. The Morgan fingerprint density at radius 3 is 2.68 bits per heavy atom. The smallest absolute Gasteiger partial charge is 0.272 e. The number of thiophene rings is 1. The van der Waals surface area contributed by atoms with Crippen molar-refractivity contribution < 1.29 is 4.92 Å². The molecule has 4 nitrogen and oxygen atoms in total. The average molecular weight is 341 g/mol. The van der Waals surface area contributed by atoms with E-state index in [1.165, 1.54) is 10.9 Å². The second kappa shape index (κ2) is 5.71. The number of rotatable bonds is 4. The lowest BCUT2D eigenvalue weighted by Crippen LogP contribution is -2.05. The minimum atomic E-state index is -0.363. The molecule has 0 aliphatic carbocycles. The van der Waals surface area contributed by atoms with Crippen molar-refractivity contribution in [2.24, 2.45) is 0 Å². The number of nitrogens with zero attached hydrogens (tertiary/aromatic N) is 1. The molecule has 1 heterocycles. The first-order chi connectivity index (χ1) is 8.99. The van der Waals surface area contributed by atoms with Crippen LogP contribution in [0, 0.1) is 17.0 Å². The van der Waals surface area contributed by atoms with Gasteiger partial charge in [0.2, 0.25) is 0 Å². The van der Waals surface area contributed by atoms with Crippen LogP contribution in [0.3, 0.4) is 0 Å². The number of anilines is 1. The predicted molar refractivity (Wildman–Crippen MR) is 81.9 cm³/mol. The molecule has 0 saturated carbocycles. The van der Waals surface area contributed by atoms with Gasteiger partial charge in [-0.05, 0) is 53.4 Å². The fourth-order valence-corrected chi connectivity index (χ4v) is 3.61. The summed E-state index contributed by atoms with van der Waals surface area (Å²) in [6.07, 6.45) is 0. The minimum absolute atomic E-state index is 0.148. The van der Waals surface area contributed by atoms with Crippen molar-refractivity contribution in [3.63, 3.8) is 0 Å². The zero-order valence-electron chi connectivity index (χ0n) is 10.5. The van der Waals surface area contributed by atoms with Gasteiger partial charge >= 0.3 is 0 Å². The number of benzene rings is 1. The zero-order valence-corrected chi connectivity index (χ0v) is 12.9. The van der Waals surface area contributed by atoms with E-state index in [1.807, 2.05) is 11.4 Å². The van der Waals surface area contributed by atoms with Gasteiger partial charge in [-0.1, -0.05) is 0 Å². The van der Waals surface area contributed by atoms with E-state index in [0.717, 1.165) is 10.2 Å². The molecule has 2 aromatic rings. The summed E-state index contributed by atoms with van der Waals surface area (Å²) in [5.74, 6) is 0. The van der Waals surface area contributed by atoms with Gasteiger partial charge in [0.1, 0.15) is 0 Å². The van der Waals surface area contributed by atoms with Crippen LogP contribution in [0.25, 0.3) is 0 Å². The molecule has 1 unspecified atom stereocenters. The molecular formula is C13H13BrN2O2S. The van der Waals surface area contributed by atoms with Gasteiger partial charge in [-0.3, -0.25) is 10.1 Å². The summed E-state index contributed by atoms with van der Waals surface area (Å²) in [7, 11) is 0. The monoisotopic (exact) mass is 340 g/mol. The summed E-state index contributed by atoms with van der Waals surface area (Å²) in [6, 6.07) is 7.24. The Labute approximate surface area is 123 Å². The van der Waals surface area contributed by atoms with Crippen molar-refractivity contribution >= 4 is 38.6 Å². The Hall–Kier alpha value is -1.40. The Morgan fingerprint density at radius 2 is 2.16 bits per heavy atom. The fraction of sp³-hybridized carbons (Fsp3) is 0.231. The van der Waals surface area contributed by atoms with Crippen molar-refractivity contribution in [1.82, 2.24) is 0 Å². The van der Waals surface area contributed by atoms with Crippen LogP contribution in [-0.2, 0) is 0 Å². The second-order valence-electron chi connectivity index (χ2n) is 4.26. The predicted octanol–water partition coefficient (Wildman–Crippen LogP) is 4.90. The molecule has 0 spiro atoms. The highest BCUT2D eigenvalue weighted by Gasteiger charge is 2.13. The molecule has 0 fully saturated rings. The highest BCUT2D eigenvalue weighted by atomic mass is 79.9. The summed E-state index contributed by atoms with van der Waals surface area (Å²) in [4.78, 5) is 11.6. The Balaban J connectivity index is 2.18. The second-order valence-corrected chi connectivity index (χ2v) is 6.06. The highest BCUT2D eigenvalue weighted by Crippen LogP contribution is 2.32. The Kier molecular flexibility index (Phi) is 4.21. The van der Waals surface area contributed by atoms with Gasteiger partial charge < -0.3 is 5.32 Å². The third kappa shape index (κ3) is 3.13. The van der Waals surface area contributed by atoms with Gasteiger partial charge in [0.05, 0.1) is 11.0 Å². The molecule has 1 N–H and O–H groups in total. The fourth-order valence-electron chi connectivity index (χ4n) is 1.88. The van der Waals surface area contributed by atoms with Crippen LogP contribution < -0.4 is 5.32 Å². The topological polar surface area (TPSA) is 55.2 Å².